The molecule has 14 nitrogen and oxygen atoms in total. The Labute approximate surface area is 361 Å². The summed E-state index contributed by atoms with van der Waals surface area (Å²) in [6, 6.07) is 23.9. The fourth-order valence-corrected chi connectivity index (χ4v) is 7.83. The summed E-state index contributed by atoms with van der Waals surface area (Å²) in [5, 5.41) is 19.1. The van der Waals surface area contributed by atoms with Crippen molar-refractivity contribution >= 4 is 56.4 Å². The van der Waals surface area contributed by atoms with Crippen molar-refractivity contribution in [2.75, 3.05) is 43.9 Å². The van der Waals surface area contributed by atoms with E-state index in [1.165, 1.54) is 12.1 Å². The van der Waals surface area contributed by atoms with Gasteiger partial charge in [0, 0.05) is 84.1 Å². The lowest BCUT2D eigenvalue weighted by molar-refractivity contribution is 0.0850. The van der Waals surface area contributed by atoms with Gasteiger partial charge < -0.3 is 20.9 Å². The fourth-order valence-electron chi connectivity index (χ4n) is 7.83. The Morgan fingerprint density at radius 1 is 0.635 bits per heavy atom. The monoisotopic (exact) mass is 846 g/mol. The van der Waals surface area contributed by atoms with Crippen LogP contribution in [0.25, 0.3) is 33.2 Å². The molecule has 10 rings (SSSR count). The molecule has 8 aromatic rings. The number of anilines is 4. The lowest BCUT2D eigenvalue weighted by Crippen LogP contribution is -2.33. The molecule has 0 atom stereocenters. The standard InChI is InChI=1S/C24H23FN6O.C23H21FN6O/c1-30-11-7-16(8-12-30)24(32)21-5-3-17-15-26-23(14-22(17)28-21)29-20-6-4-18(13-19(20)25)31-10-2-9-27-31;24-18-12-17(30-11-1-8-27-30)3-5-19(18)29-22-13-21-16(14-26-22)2-4-20(28-21)23(31)15-6-9-25-10-7-15/h2-6,9-10,13-16H,7-8,11-12H2,1H3,(H,26,29);1-5,8,11-15,25H,6-7,9-10H2,(H,26,29). The molecule has 0 aliphatic carbocycles. The van der Waals surface area contributed by atoms with Crippen molar-refractivity contribution in [2.24, 2.45) is 11.8 Å². The number of benzene rings is 2. The highest BCUT2D eigenvalue weighted by atomic mass is 19.1. The number of Topliss-reactive ketones (excluding diaryl/α,β-unsaturated/α-hetero) is 2. The summed E-state index contributed by atoms with van der Waals surface area (Å²) in [5.41, 5.74) is 4.08. The topological polar surface area (TPSA) is 161 Å². The van der Waals surface area contributed by atoms with Gasteiger partial charge in [-0.05, 0) is 120 Å². The van der Waals surface area contributed by atoms with Crippen LogP contribution in [0, 0.1) is 23.5 Å². The minimum atomic E-state index is -0.419. The van der Waals surface area contributed by atoms with E-state index in [-0.39, 0.29) is 23.4 Å². The Morgan fingerprint density at radius 3 is 1.56 bits per heavy atom. The van der Waals surface area contributed by atoms with Crippen molar-refractivity contribution in [1.29, 1.82) is 0 Å². The van der Waals surface area contributed by atoms with Gasteiger partial charge in [0.1, 0.15) is 34.7 Å². The van der Waals surface area contributed by atoms with Gasteiger partial charge in [-0.15, -0.1) is 0 Å². The van der Waals surface area contributed by atoms with Crippen LogP contribution in [0.2, 0.25) is 0 Å². The molecule has 0 spiro atoms. The third-order valence-electron chi connectivity index (χ3n) is 11.4. The number of nitrogens with one attached hydrogen (secondary N) is 3. The van der Waals surface area contributed by atoms with Gasteiger partial charge in [0.2, 0.25) is 0 Å². The van der Waals surface area contributed by atoms with Gasteiger partial charge in [-0.3, -0.25) is 9.59 Å². The fraction of sp³-hybridized carbons (Fsp3) is 0.234. The molecule has 0 radical (unpaired) electrons. The number of carbonyl (C=O) groups excluding carboxylic acids is 2. The molecular weight excluding hydrogens is 803 g/mol. The summed E-state index contributed by atoms with van der Waals surface area (Å²) in [7, 11) is 2.07. The molecule has 3 N–H and O–H groups in total. The Balaban J connectivity index is 0.000000160. The second-order valence-electron chi connectivity index (χ2n) is 15.7. The average molecular weight is 847 g/mol. The first kappa shape index (κ1) is 41.1. The summed E-state index contributed by atoms with van der Waals surface area (Å²) in [6.45, 7) is 3.55. The van der Waals surface area contributed by atoms with Gasteiger partial charge in [0.05, 0.1) is 33.8 Å². The molecule has 2 aliphatic heterocycles. The number of rotatable bonds is 10. The lowest BCUT2D eigenvalue weighted by atomic mass is 9.91. The highest BCUT2D eigenvalue weighted by Gasteiger charge is 2.26. The van der Waals surface area contributed by atoms with Gasteiger partial charge in [-0.25, -0.2) is 38.1 Å². The SMILES string of the molecule is CN1CCC(C(=O)c2ccc3cnc(Nc4ccc(-n5cccn5)cc4F)cc3n2)CC1.O=C(c1ccc2cnc(Nc3ccc(-n4cccn4)cc3F)cc2n1)C1CCNCC1. The first-order valence-corrected chi connectivity index (χ1v) is 20.9. The van der Waals surface area contributed by atoms with Crippen LogP contribution in [-0.2, 0) is 0 Å². The van der Waals surface area contributed by atoms with Crippen LogP contribution in [-0.4, -0.2) is 89.2 Å². The normalized spacial score (nSPS) is 14.9. The van der Waals surface area contributed by atoms with E-state index in [0.29, 0.717) is 56.8 Å². The Morgan fingerprint density at radius 2 is 1.11 bits per heavy atom. The molecule has 0 saturated carbocycles. The molecule has 2 aromatic carbocycles. The summed E-state index contributed by atoms with van der Waals surface area (Å²) >= 11 is 0. The third-order valence-corrected chi connectivity index (χ3v) is 11.4. The van der Waals surface area contributed by atoms with E-state index in [1.54, 1.807) is 107 Å². The van der Waals surface area contributed by atoms with E-state index < -0.39 is 11.6 Å². The van der Waals surface area contributed by atoms with E-state index >= 15 is 0 Å². The molecule has 318 valence electrons. The largest absolute Gasteiger partial charge is 0.338 e. The first-order valence-electron chi connectivity index (χ1n) is 20.9. The van der Waals surface area contributed by atoms with E-state index in [4.69, 9.17) is 0 Å². The molecule has 2 fully saturated rings. The van der Waals surface area contributed by atoms with Crippen molar-refractivity contribution in [3.8, 4) is 11.4 Å². The van der Waals surface area contributed by atoms with Crippen LogP contribution >= 0.6 is 0 Å². The van der Waals surface area contributed by atoms with Crippen LogP contribution in [0.15, 0.2) is 122 Å². The quantitative estimate of drug-likeness (QED) is 0.114. The van der Waals surface area contributed by atoms with Crippen LogP contribution in [0.3, 0.4) is 0 Å². The van der Waals surface area contributed by atoms with Crippen LogP contribution < -0.4 is 16.0 Å². The molecule has 16 heteroatoms. The second-order valence-corrected chi connectivity index (χ2v) is 15.7. The third kappa shape index (κ3) is 9.46. The van der Waals surface area contributed by atoms with Crippen molar-refractivity contribution in [3.63, 3.8) is 0 Å². The highest BCUT2D eigenvalue weighted by molar-refractivity contribution is 5.99. The Bertz CT molecular complexity index is 2890. The van der Waals surface area contributed by atoms with Gasteiger partial charge in [-0.2, -0.15) is 10.2 Å². The molecule has 63 heavy (non-hydrogen) atoms. The number of aromatic nitrogens is 8. The van der Waals surface area contributed by atoms with Crippen molar-refractivity contribution in [2.45, 2.75) is 25.7 Å². The number of nitrogens with zero attached hydrogens (tertiary/aromatic N) is 9. The zero-order valence-electron chi connectivity index (χ0n) is 34.5. The van der Waals surface area contributed by atoms with Crippen LogP contribution in [0.4, 0.5) is 31.8 Å². The predicted octanol–water partition coefficient (Wildman–Crippen LogP) is 8.10. The second kappa shape index (κ2) is 18.4. The number of hydrogen-bond acceptors (Lipinski definition) is 12. The van der Waals surface area contributed by atoms with Crippen molar-refractivity contribution < 1.29 is 18.4 Å². The molecule has 2 aliphatic rings. The zero-order chi connectivity index (χ0) is 43.3. The number of fused-ring (bicyclic) bond motifs is 2. The molecular formula is C47H44F2N12O2. The molecule has 0 unspecified atom stereocenters. The average Bonchev–Trinajstić information content (AvgIpc) is 4.07. The molecule has 0 bridgehead atoms. The van der Waals surface area contributed by atoms with Gasteiger partial charge in [0.15, 0.2) is 11.6 Å². The van der Waals surface area contributed by atoms with Crippen LogP contribution in [0.5, 0.6) is 0 Å². The molecule has 8 heterocycles. The first-order chi connectivity index (χ1) is 30.7. The predicted molar refractivity (Wildman–Crippen MR) is 237 cm³/mol. The summed E-state index contributed by atoms with van der Waals surface area (Å²) in [4.78, 5) is 45.9. The van der Waals surface area contributed by atoms with E-state index in [1.807, 2.05) is 12.1 Å². The van der Waals surface area contributed by atoms with Gasteiger partial charge >= 0.3 is 0 Å². The van der Waals surface area contributed by atoms with Crippen molar-refractivity contribution in [3.05, 3.63) is 145 Å². The lowest BCUT2D eigenvalue weighted by Gasteiger charge is -2.27. The number of piperidine rings is 2. The number of carbonyl (C=O) groups is 2. The van der Waals surface area contributed by atoms with Gasteiger partial charge in [-0.1, -0.05) is 0 Å². The molecule has 6 aromatic heterocycles. The number of hydrogen-bond donors (Lipinski definition) is 3. The Kier molecular flexibility index (Phi) is 12.0. The maximum atomic E-state index is 14.6. The zero-order valence-corrected chi connectivity index (χ0v) is 34.5. The summed E-state index contributed by atoms with van der Waals surface area (Å²) in [5.74, 6) is 0.265. The highest BCUT2D eigenvalue weighted by Crippen LogP contribution is 2.27. The maximum absolute atomic E-state index is 14.6. The minimum Gasteiger partial charge on any atom is -0.338 e. The van der Waals surface area contributed by atoms with E-state index in [2.05, 4.69) is 58.0 Å². The van der Waals surface area contributed by atoms with E-state index in [9.17, 15) is 18.4 Å². The maximum Gasteiger partial charge on any atom is 0.184 e. The Hall–Kier alpha value is -7.30. The van der Waals surface area contributed by atoms with Crippen molar-refractivity contribution in [1.82, 2.24) is 49.7 Å². The molecule has 0 amide bonds. The smallest absolute Gasteiger partial charge is 0.184 e. The summed E-state index contributed by atoms with van der Waals surface area (Å²) < 4.78 is 32.5. The summed E-state index contributed by atoms with van der Waals surface area (Å²) in [6.07, 6.45) is 13.5. The molecule has 2 saturated heterocycles. The number of ketones is 2. The van der Waals surface area contributed by atoms with E-state index in [0.717, 1.165) is 62.6 Å². The van der Waals surface area contributed by atoms with Crippen LogP contribution in [0.1, 0.15) is 46.7 Å². The number of halogens is 2. The minimum absolute atomic E-state index is 0.00743. The van der Waals surface area contributed by atoms with Gasteiger partial charge in [0.25, 0.3) is 0 Å². The number of likely N-dealkylation sites (tertiary alicyclic amines) is 1. The number of pyridine rings is 4.